The van der Waals surface area contributed by atoms with E-state index in [4.69, 9.17) is 16.3 Å². The number of carbonyl (C=O) groups excluding carboxylic acids is 2. The normalized spacial score (nSPS) is 18.1. The fraction of sp³-hybridized carbons (Fsp3) is 0.385. The van der Waals surface area contributed by atoms with Gasteiger partial charge in [0.25, 0.3) is 0 Å². The number of ketones is 1. The summed E-state index contributed by atoms with van der Waals surface area (Å²) in [5.41, 5.74) is 1.54. The second-order valence-corrected chi connectivity index (χ2v) is 4.41. The third-order valence-electron chi connectivity index (χ3n) is 3.07. The highest BCUT2D eigenvalue weighted by atomic mass is 35.5. The molecule has 1 aromatic rings. The van der Waals surface area contributed by atoms with Crippen LogP contribution in [0.5, 0.6) is 5.75 Å². The summed E-state index contributed by atoms with van der Waals surface area (Å²) in [6.07, 6.45) is 1.28. The first-order valence-corrected chi connectivity index (χ1v) is 6.26. The van der Waals surface area contributed by atoms with Gasteiger partial charge in [-0.15, -0.1) is 11.6 Å². The van der Waals surface area contributed by atoms with E-state index in [1.54, 1.807) is 19.2 Å². The zero-order chi connectivity index (χ0) is 13.1. The van der Waals surface area contributed by atoms with E-state index in [1.165, 1.54) is 0 Å². The molecule has 5 heteroatoms. The molecule has 0 saturated heterocycles. The summed E-state index contributed by atoms with van der Waals surface area (Å²) in [6, 6.07) is 4.90. The lowest BCUT2D eigenvalue weighted by Crippen LogP contribution is -2.44. The van der Waals surface area contributed by atoms with Gasteiger partial charge in [-0.2, -0.15) is 0 Å². The highest BCUT2D eigenvalue weighted by Gasteiger charge is 2.29. The molecule has 4 nitrogen and oxygen atoms in total. The number of Topliss-reactive ketones (excluding diaryl/α,β-unsaturated/α-hetero) is 1. The maximum atomic E-state index is 12.2. The first-order valence-electron chi connectivity index (χ1n) is 5.72. The molecule has 0 heterocycles. The summed E-state index contributed by atoms with van der Waals surface area (Å²) in [7, 11) is 1.58. The van der Waals surface area contributed by atoms with Gasteiger partial charge < -0.3 is 10.1 Å². The molecule has 0 aliphatic heterocycles. The third-order valence-corrected chi connectivity index (χ3v) is 3.32. The Bertz CT molecular complexity index is 487. The number of rotatable bonds is 3. The molecule has 0 aromatic heterocycles. The fourth-order valence-electron chi connectivity index (χ4n) is 2.22. The van der Waals surface area contributed by atoms with E-state index in [0.29, 0.717) is 18.4 Å². The predicted molar refractivity (Wildman–Crippen MR) is 68.3 cm³/mol. The minimum absolute atomic E-state index is 0.0754. The second kappa shape index (κ2) is 5.40. The molecule has 2 rings (SSSR count). The van der Waals surface area contributed by atoms with Crippen LogP contribution in [0.4, 0.5) is 0 Å². The van der Waals surface area contributed by atoms with Crippen LogP contribution in [0.15, 0.2) is 18.2 Å². The van der Waals surface area contributed by atoms with E-state index in [9.17, 15) is 9.59 Å². The Morgan fingerprint density at radius 1 is 1.56 bits per heavy atom. The summed E-state index contributed by atoms with van der Waals surface area (Å²) in [5.74, 6) is 0.201. The fourth-order valence-corrected chi connectivity index (χ4v) is 2.30. The van der Waals surface area contributed by atoms with E-state index in [1.807, 2.05) is 6.07 Å². The predicted octanol–water partition coefficient (Wildman–Crippen LogP) is 1.55. The van der Waals surface area contributed by atoms with Gasteiger partial charge in [-0.3, -0.25) is 9.59 Å². The number of hydrogen-bond acceptors (Lipinski definition) is 3. The van der Waals surface area contributed by atoms with Gasteiger partial charge in [-0.05, 0) is 18.9 Å². The first kappa shape index (κ1) is 12.9. The Morgan fingerprint density at radius 3 is 3.00 bits per heavy atom. The molecule has 1 unspecified atom stereocenters. The lowest BCUT2D eigenvalue weighted by atomic mass is 9.86. The summed E-state index contributed by atoms with van der Waals surface area (Å²) in [5, 5.41) is 2.64. The van der Waals surface area contributed by atoms with Crippen molar-refractivity contribution in [2.24, 2.45) is 0 Å². The van der Waals surface area contributed by atoms with Gasteiger partial charge in [-0.1, -0.05) is 12.1 Å². The number of ether oxygens (including phenoxy) is 1. The van der Waals surface area contributed by atoms with Gasteiger partial charge in [0.15, 0.2) is 5.78 Å². The van der Waals surface area contributed by atoms with Crippen LogP contribution in [0.25, 0.3) is 0 Å². The van der Waals surface area contributed by atoms with E-state index in [-0.39, 0.29) is 17.6 Å². The lowest BCUT2D eigenvalue weighted by molar-refractivity contribution is -0.119. The first-order chi connectivity index (χ1) is 8.67. The molecule has 1 N–H and O–H groups in total. The van der Waals surface area contributed by atoms with Gasteiger partial charge >= 0.3 is 0 Å². The number of benzene rings is 1. The van der Waals surface area contributed by atoms with E-state index in [0.717, 1.165) is 11.3 Å². The van der Waals surface area contributed by atoms with Gasteiger partial charge in [0.1, 0.15) is 11.6 Å². The van der Waals surface area contributed by atoms with Gasteiger partial charge in [-0.25, -0.2) is 0 Å². The van der Waals surface area contributed by atoms with Crippen LogP contribution in [-0.2, 0) is 11.2 Å². The summed E-state index contributed by atoms with van der Waals surface area (Å²) in [4.78, 5) is 23.5. The molecule has 1 aliphatic rings. The van der Waals surface area contributed by atoms with Crippen molar-refractivity contribution in [2.45, 2.75) is 18.9 Å². The van der Waals surface area contributed by atoms with Crippen molar-refractivity contribution < 1.29 is 14.3 Å². The summed E-state index contributed by atoms with van der Waals surface area (Å²) in [6.45, 7) is 0. The Labute approximate surface area is 110 Å². The highest BCUT2D eigenvalue weighted by Crippen LogP contribution is 2.29. The molecule has 1 amide bonds. The van der Waals surface area contributed by atoms with E-state index >= 15 is 0 Å². The van der Waals surface area contributed by atoms with E-state index < -0.39 is 6.04 Å². The Hall–Kier alpha value is -1.55. The number of alkyl halides is 1. The molecule has 0 radical (unpaired) electrons. The maximum Gasteiger partial charge on any atom is 0.235 e. The second-order valence-electron chi connectivity index (χ2n) is 4.14. The van der Waals surface area contributed by atoms with Gasteiger partial charge in [0.05, 0.1) is 13.2 Å². The molecule has 1 aliphatic carbocycles. The zero-order valence-corrected chi connectivity index (χ0v) is 10.8. The standard InChI is InChI=1S/C13H14ClNO3/c1-18-11-4-2-3-9-8(11)5-6-10(13(9)17)15-12(16)7-14/h2-4,10H,5-7H2,1H3,(H,15,16). The molecule has 1 aromatic carbocycles. The molecular formula is C13H14ClNO3. The Kier molecular flexibility index (Phi) is 3.87. The van der Waals surface area contributed by atoms with Crippen LogP contribution in [0.3, 0.4) is 0 Å². The molecule has 18 heavy (non-hydrogen) atoms. The smallest absolute Gasteiger partial charge is 0.235 e. The number of methoxy groups -OCH3 is 1. The number of hydrogen-bond donors (Lipinski definition) is 1. The quantitative estimate of drug-likeness (QED) is 0.846. The molecule has 1 atom stereocenters. The summed E-state index contributed by atoms with van der Waals surface area (Å²) < 4.78 is 5.24. The lowest BCUT2D eigenvalue weighted by Gasteiger charge is -2.25. The number of nitrogens with one attached hydrogen (secondary N) is 1. The SMILES string of the molecule is COc1cccc2c1CCC(NC(=O)CCl)C2=O. The molecule has 0 bridgehead atoms. The molecule has 0 spiro atoms. The van der Waals surface area contributed by atoms with Crippen molar-refractivity contribution in [3.8, 4) is 5.75 Å². The largest absolute Gasteiger partial charge is 0.496 e. The van der Waals surface area contributed by atoms with Crippen LogP contribution in [0, 0.1) is 0 Å². The molecule has 0 fully saturated rings. The van der Waals surface area contributed by atoms with Crippen molar-refractivity contribution in [3.63, 3.8) is 0 Å². The zero-order valence-electron chi connectivity index (χ0n) is 10.0. The van der Waals surface area contributed by atoms with Crippen molar-refractivity contribution in [3.05, 3.63) is 29.3 Å². The number of amides is 1. The Morgan fingerprint density at radius 2 is 2.33 bits per heavy atom. The number of halogens is 1. The van der Waals surface area contributed by atoms with Crippen molar-refractivity contribution in [2.75, 3.05) is 13.0 Å². The summed E-state index contributed by atoms with van der Waals surface area (Å²) >= 11 is 5.42. The van der Waals surface area contributed by atoms with Gasteiger partial charge in [0, 0.05) is 11.1 Å². The molecular weight excluding hydrogens is 254 g/mol. The highest BCUT2D eigenvalue weighted by molar-refractivity contribution is 6.27. The maximum absolute atomic E-state index is 12.2. The van der Waals surface area contributed by atoms with Crippen LogP contribution in [0.2, 0.25) is 0 Å². The third kappa shape index (κ3) is 2.34. The van der Waals surface area contributed by atoms with Crippen LogP contribution >= 0.6 is 11.6 Å². The average molecular weight is 268 g/mol. The van der Waals surface area contributed by atoms with Crippen LogP contribution in [-0.4, -0.2) is 30.7 Å². The molecule has 0 saturated carbocycles. The van der Waals surface area contributed by atoms with Crippen molar-refractivity contribution >= 4 is 23.3 Å². The monoisotopic (exact) mass is 267 g/mol. The minimum Gasteiger partial charge on any atom is -0.496 e. The van der Waals surface area contributed by atoms with Crippen molar-refractivity contribution in [1.29, 1.82) is 0 Å². The van der Waals surface area contributed by atoms with Crippen molar-refractivity contribution in [1.82, 2.24) is 5.32 Å². The average Bonchev–Trinajstić information content (AvgIpc) is 2.41. The van der Waals surface area contributed by atoms with E-state index in [2.05, 4.69) is 5.32 Å². The van der Waals surface area contributed by atoms with Gasteiger partial charge in [0.2, 0.25) is 5.91 Å². The van der Waals surface area contributed by atoms with Crippen LogP contribution < -0.4 is 10.1 Å². The molecule has 96 valence electrons. The minimum atomic E-state index is -0.476. The topological polar surface area (TPSA) is 55.4 Å². The number of fused-ring (bicyclic) bond motifs is 1. The number of carbonyl (C=O) groups is 2. The Balaban J connectivity index is 2.26. The van der Waals surface area contributed by atoms with Crippen LogP contribution in [0.1, 0.15) is 22.3 Å².